The second-order valence-corrected chi connectivity index (χ2v) is 10.2. The first-order chi connectivity index (χ1) is 18.1. The summed E-state index contributed by atoms with van der Waals surface area (Å²) >= 11 is 6.57. The van der Waals surface area contributed by atoms with Gasteiger partial charge in [-0.2, -0.15) is 18.3 Å². The number of nitrogens with two attached hydrogens (primary N) is 1. The molecule has 2 amide bonds. The monoisotopic (exact) mass is 556 g/mol. The predicted molar refractivity (Wildman–Crippen MR) is 141 cm³/mol. The molecule has 38 heavy (non-hydrogen) atoms. The van der Waals surface area contributed by atoms with Gasteiger partial charge >= 0.3 is 6.18 Å². The molecule has 0 aliphatic carbocycles. The summed E-state index contributed by atoms with van der Waals surface area (Å²) in [6.07, 6.45) is -3.35. The average molecular weight is 557 g/mol. The largest absolute Gasteiger partial charge is 0.416 e. The van der Waals surface area contributed by atoms with Gasteiger partial charge in [-0.25, -0.2) is 0 Å². The summed E-state index contributed by atoms with van der Waals surface area (Å²) in [5.41, 5.74) is 7.55. The third-order valence-electron chi connectivity index (χ3n) is 6.26. The zero-order valence-corrected chi connectivity index (χ0v) is 21.2. The van der Waals surface area contributed by atoms with E-state index in [1.807, 2.05) is 6.07 Å². The molecule has 5 rings (SSSR count). The normalized spacial score (nSPS) is 16.4. The van der Waals surface area contributed by atoms with E-state index in [1.165, 1.54) is 12.1 Å². The highest BCUT2D eigenvalue weighted by Gasteiger charge is 2.39. The van der Waals surface area contributed by atoms with Gasteiger partial charge < -0.3 is 5.73 Å². The van der Waals surface area contributed by atoms with Crippen LogP contribution >= 0.6 is 23.4 Å². The summed E-state index contributed by atoms with van der Waals surface area (Å²) in [7, 11) is 0. The lowest BCUT2D eigenvalue weighted by Crippen LogP contribution is -2.35. The van der Waals surface area contributed by atoms with Gasteiger partial charge in [-0.1, -0.05) is 54.1 Å². The number of hydrogen-bond acceptors (Lipinski definition) is 5. The van der Waals surface area contributed by atoms with Crippen LogP contribution in [0.3, 0.4) is 0 Å². The molecular weight excluding hydrogens is 537 g/mol. The van der Waals surface area contributed by atoms with E-state index in [0.717, 1.165) is 22.0 Å². The van der Waals surface area contributed by atoms with Crippen molar-refractivity contribution in [3.8, 4) is 0 Å². The van der Waals surface area contributed by atoms with Crippen molar-refractivity contribution in [1.29, 1.82) is 0 Å². The number of nitrogens with one attached hydrogen (secondary N) is 1. The van der Waals surface area contributed by atoms with Crippen LogP contribution in [-0.4, -0.2) is 32.8 Å². The fraction of sp³-hybridized carbons (Fsp3) is 0.148. The number of amides is 2. The number of H-pyrrole nitrogens is 1. The predicted octanol–water partition coefficient (Wildman–Crippen LogP) is 6.58. The molecule has 3 N–H and O–H groups in total. The summed E-state index contributed by atoms with van der Waals surface area (Å²) in [6, 6.07) is 17.0. The van der Waals surface area contributed by atoms with Crippen LogP contribution in [-0.2, 0) is 17.4 Å². The van der Waals surface area contributed by atoms with Gasteiger partial charge in [-0.05, 0) is 64.7 Å². The number of rotatable bonds is 6. The standard InChI is InChI=1S/C27H20ClF3N4O2S/c28-19-8-6-17(21(12-19)27(29,30)31)11-20(16-7-9-23-18(10-16)13-33-34-23)24-25(36)35(26(37)38-24)14-22(32)15-4-2-1-3-5-15/h1-10,12-13,22H,11,14,32H2,(H,33,34)/b24-20-/t22-/m1/s1. The van der Waals surface area contributed by atoms with Crippen LogP contribution in [0.5, 0.6) is 0 Å². The minimum Gasteiger partial charge on any atom is -0.322 e. The Kier molecular flexibility index (Phi) is 7.04. The van der Waals surface area contributed by atoms with Gasteiger partial charge in [0.05, 0.1) is 22.2 Å². The second-order valence-electron chi connectivity index (χ2n) is 8.76. The molecule has 194 valence electrons. The molecule has 0 radical (unpaired) electrons. The lowest BCUT2D eigenvalue weighted by atomic mass is 9.93. The van der Waals surface area contributed by atoms with Gasteiger partial charge in [0.25, 0.3) is 11.1 Å². The molecule has 11 heteroatoms. The highest BCUT2D eigenvalue weighted by Crippen LogP contribution is 2.41. The van der Waals surface area contributed by atoms with Crippen LogP contribution in [0.4, 0.5) is 18.0 Å². The van der Waals surface area contributed by atoms with Crippen molar-refractivity contribution in [1.82, 2.24) is 15.1 Å². The smallest absolute Gasteiger partial charge is 0.322 e. The van der Waals surface area contributed by atoms with Gasteiger partial charge in [0.15, 0.2) is 0 Å². The Balaban J connectivity index is 1.58. The van der Waals surface area contributed by atoms with Gasteiger partial charge in [0.2, 0.25) is 0 Å². The molecule has 1 atom stereocenters. The van der Waals surface area contributed by atoms with Crippen LogP contribution in [0.15, 0.2) is 77.8 Å². The van der Waals surface area contributed by atoms with E-state index < -0.39 is 28.9 Å². The molecule has 1 aliphatic heterocycles. The molecule has 4 aromatic rings. The Morgan fingerprint density at radius 2 is 1.84 bits per heavy atom. The lowest BCUT2D eigenvalue weighted by Gasteiger charge is -2.19. The molecule has 3 aromatic carbocycles. The molecule has 0 spiro atoms. The van der Waals surface area contributed by atoms with E-state index in [2.05, 4.69) is 10.2 Å². The van der Waals surface area contributed by atoms with Gasteiger partial charge in [0.1, 0.15) is 0 Å². The van der Waals surface area contributed by atoms with E-state index in [0.29, 0.717) is 28.3 Å². The summed E-state index contributed by atoms with van der Waals surface area (Å²) in [5.74, 6) is -0.601. The summed E-state index contributed by atoms with van der Waals surface area (Å²) in [5, 5.41) is 6.92. The number of hydrogen-bond donors (Lipinski definition) is 2. The highest BCUT2D eigenvalue weighted by atomic mass is 35.5. The number of fused-ring (bicyclic) bond motifs is 1. The van der Waals surface area contributed by atoms with Crippen LogP contribution in [0.1, 0.15) is 28.3 Å². The zero-order chi connectivity index (χ0) is 27.0. The fourth-order valence-electron chi connectivity index (χ4n) is 4.34. The summed E-state index contributed by atoms with van der Waals surface area (Å²) in [4.78, 5) is 27.6. The van der Waals surface area contributed by atoms with Crippen molar-refractivity contribution in [2.45, 2.75) is 18.6 Å². The first-order valence-electron chi connectivity index (χ1n) is 11.5. The van der Waals surface area contributed by atoms with Crippen molar-refractivity contribution in [3.05, 3.63) is 105 Å². The van der Waals surface area contributed by atoms with E-state index in [4.69, 9.17) is 17.3 Å². The van der Waals surface area contributed by atoms with Crippen molar-refractivity contribution in [3.63, 3.8) is 0 Å². The molecule has 0 bridgehead atoms. The lowest BCUT2D eigenvalue weighted by molar-refractivity contribution is -0.138. The number of alkyl halides is 3. The van der Waals surface area contributed by atoms with Gasteiger partial charge in [-0.3, -0.25) is 19.6 Å². The van der Waals surface area contributed by atoms with E-state index in [-0.39, 0.29) is 28.5 Å². The zero-order valence-electron chi connectivity index (χ0n) is 19.6. The molecule has 1 saturated heterocycles. The second kappa shape index (κ2) is 10.3. The number of halogens is 4. The van der Waals surface area contributed by atoms with Crippen LogP contribution in [0.2, 0.25) is 5.02 Å². The molecule has 1 aliphatic rings. The number of thioether (sulfide) groups is 1. The first kappa shape index (κ1) is 26.0. The van der Waals surface area contributed by atoms with Crippen molar-refractivity contribution in [2.75, 3.05) is 6.54 Å². The maximum absolute atomic E-state index is 13.9. The molecular formula is C27H20ClF3N4O2S. The molecule has 0 saturated carbocycles. The Morgan fingerprint density at radius 1 is 1.08 bits per heavy atom. The highest BCUT2D eigenvalue weighted by molar-refractivity contribution is 8.18. The van der Waals surface area contributed by atoms with Crippen molar-refractivity contribution in [2.24, 2.45) is 5.73 Å². The van der Waals surface area contributed by atoms with Crippen molar-refractivity contribution < 1.29 is 22.8 Å². The molecule has 2 heterocycles. The maximum atomic E-state index is 13.9. The quantitative estimate of drug-likeness (QED) is 0.262. The number of imide groups is 1. The number of carbonyl (C=O) groups excluding carboxylic acids is 2. The van der Waals surface area contributed by atoms with Crippen LogP contribution in [0.25, 0.3) is 16.5 Å². The number of aromatic nitrogens is 2. The third kappa shape index (κ3) is 5.20. The molecule has 0 unspecified atom stereocenters. The van der Waals surface area contributed by atoms with E-state index >= 15 is 0 Å². The minimum atomic E-state index is -4.67. The number of carbonyl (C=O) groups is 2. The maximum Gasteiger partial charge on any atom is 0.416 e. The van der Waals surface area contributed by atoms with Crippen LogP contribution in [0, 0.1) is 0 Å². The van der Waals surface area contributed by atoms with Crippen LogP contribution < -0.4 is 5.73 Å². The van der Waals surface area contributed by atoms with E-state index in [1.54, 1.807) is 48.7 Å². The number of nitrogens with zero attached hydrogens (tertiary/aromatic N) is 2. The Hall–Kier alpha value is -3.60. The third-order valence-corrected chi connectivity index (χ3v) is 7.52. The van der Waals surface area contributed by atoms with Gasteiger partial charge in [-0.15, -0.1) is 0 Å². The molecule has 1 fully saturated rings. The Bertz CT molecular complexity index is 1570. The van der Waals surface area contributed by atoms with Crippen molar-refractivity contribution >= 4 is 51.0 Å². The Morgan fingerprint density at radius 3 is 2.58 bits per heavy atom. The molecule has 6 nitrogen and oxygen atoms in total. The summed E-state index contributed by atoms with van der Waals surface area (Å²) in [6.45, 7) is -0.0685. The summed E-state index contributed by atoms with van der Waals surface area (Å²) < 4.78 is 41.7. The van der Waals surface area contributed by atoms with Gasteiger partial charge in [0, 0.05) is 23.0 Å². The number of allylic oxidation sites excluding steroid dienone is 1. The first-order valence-corrected chi connectivity index (χ1v) is 12.7. The topological polar surface area (TPSA) is 92.1 Å². The molecule has 1 aromatic heterocycles. The average Bonchev–Trinajstić information content (AvgIpc) is 3.47. The number of aromatic amines is 1. The van der Waals surface area contributed by atoms with E-state index in [9.17, 15) is 22.8 Å². The number of benzene rings is 3. The fourth-order valence-corrected chi connectivity index (χ4v) is 5.47. The SMILES string of the molecule is N[C@H](CN1C(=O)S/C(=C(/Cc2ccc(Cl)cc2C(F)(F)F)c2ccc3[nH]ncc3c2)C1=O)c1ccccc1. The minimum absolute atomic E-state index is 0.0566. The Labute approximate surface area is 224 Å².